The first-order chi connectivity index (χ1) is 14.0. The average Bonchev–Trinajstić information content (AvgIpc) is 3.09. The number of hydrogen-bond donors (Lipinski definition) is 0. The first-order valence-electron chi connectivity index (χ1n) is 10.7. The second-order valence-electron chi connectivity index (χ2n) is 8.10. The Bertz CT molecular complexity index is 843. The van der Waals surface area contributed by atoms with Gasteiger partial charge in [0.15, 0.2) is 0 Å². The van der Waals surface area contributed by atoms with Crippen LogP contribution in [0.1, 0.15) is 51.1 Å². The highest BCUT2D eigenvalue weighted by atomic mass is 16.5. The largest absolute Gasteiger partial charge is 0.494 e. The van der Waals surface area contributed by atoms with Gasteiger partial charge in [0.1, 0.15) is 11.4 Å². The maximum absolute atomic E-state index is 12.6. The second kappa shape index (κ2) is 9.44. The molecule has 3 rings (SSSR count). The standard InChI is InChI=1S/C23H34N4O2/c1-6-23(28)26(14-17(3)4)16-19-18-15-25(7-2)13-12-20(18)27(24-19)21-10-8-9-11-22(21)29-5/h8-11,17H,6-7,12-16H2,1-5H3. The van der Waals surface area contributed by atoms with E-state index in [2.05, 4.69) is 25.7 Å². The SMILES string of the molecule is CCC(=O)N(Cc1nn(-c2ccccc2OC)c2c1CN(CC)CC2)CC(C)C. The third-order valence-electron chi connectivity index (χ3n) is 5.56. The molecule has 0 fully saturated rings. The molecule has 0 spiro atoms. The Morgan fingerprint density at radius 1 is 1.28 bits per heavy atom. The van der Waals surface area contributed by atoms with Gasteiger partial charge in [0.25, 0.3) is 0 Å². The lowest BCUT2D eigenvalue weighted by molar-refractivity contribution is -0.132. The van der Waals surface area contributed by atoms with Gasteiger partial charge in [-0.2, -0.15) is 5.10 Å². The van der Waals surface area contributed by atoms with Gasteiger partial charge in [-0.25, -0.2) is 4.68 Å². The third-order valence-corrected chi connectivity index (χ3v) is 5.56. The molecule has 1 aliphatic rings. The van der Waals surface area contributed by atoms with Gasteiger partial charge in [0.05, 0.1) is 25.0 Å². The molecule has 0 bridgehead atoms. The monoisotopic (exact) mass is 398 g/mol. The van der Waals surface area contributed by atoms with Crippen LogP contribution in [0.3, 0.4) is 0 Å². The maximum Gasteiger partial charge on any atom is 0.222 e. The molecule has 2 heterocycles. The minimum Gasteiger partial charge on any atom is -0.494 e. The Morgan fingerprint density at radius 3 is 2.69 bits per heavy atom. The number of fused-ring (bicyclic) bond motifs is 1. The minimum absolute atomic E-state index is 0.183. The molecule has 6 heteroatoms. The van der Waals surface area contributed by atoms with E-state index in [0.29, 0.717) is 18.9 Å². The second-order valence-corrected chi connectivity index (χ2v) is 8.10. The van der Waals surface area contributed by atoms with Crippen molar-refractivity contribution >= 4 is 5.91 Å². The molecule has 0 radical (unpaired) electrons. The van der Waals surface area contributed by atoms with Gasteiger partial charge in [-0.1, -0.05) is 39.8 Å². The van der Waals surface area contributed by atoms with Gasteiger partial charge in [-0.3, -0.25) is 9.69 Å². The molecule has 0 atom stereocenters. The van der Waals surface area contributed by atoms with E-state index in [9.17, 15) is 4.79 Å². The Kier molecular flexibility index (Phi) is 6.96. The summed E-state index contributed by atoms with van der Waals surface area (Å²) in [7, 11) is 1.69. The number of hydrogen-bond acceptors (Lipinski definition) is 4. The third kappa shape index (κ3) is 4.64. The molecule has 1 aromatic carbocycles. The van der Waals surface area contributed by atoms with E-state index in [1.165, 1.54) is 11.3 Å². The molecule has 1 aromatic heterocycles. The van der Waals surface area contributed by atoms with Gasteiger partial charge >= 0.3 is 0 Å². The normalized spacial score (nSPS) is 14.1. The molecular formula is C23H34N4O2. The van der Waals surface area contributed by atoms with Crippen LogP contribution in [-0.4, -0.2) is 52.2 Å². The molecule has 0 saturated heterocycles. The zero-order valence-electron chi connectivity index (χ0n) is 18.4. The van der Waals surface area contributed by atoms with Crippen LogP contribution in [-0.2, 0) is 24.3 Å². The molecule has 158 valence electrons. The number of aromatic nitrogens is 2. The van der Waals surface area contributed by atoms with Crippen LogP contribution in [0, 0.1) is 5.92 Å². The van der Waals surface area contributed by atoms with Crippen molar-refractivity contribution in [2.75, 3.05) is 26.7 Å². The highest BCUT2D eigenvalue weighted by Crippen LogP contribution is 2.30. The van der Waals surface area contributed by atoms with Crippen molar-refractivity contribution in [1.82, 2.24) is 19.6 Å². The number of benzene rings is 1. The highest BCUT2D eigenvalue weighted by molar-refractivity contribution is 5.75. The molecule has 1 amide bonds. The topological polar surface area (TPSA) is 50.6 Å². The first-order valence-corrected chi connectivity index (χ1v) is 10.7. The Morgan fingerprint density at radius 2 is 2.03 bits per heavy atom. The van der Waals surface area contributed by atoms with Crippen molar-refractivity contribution in [3.05, 3.63) is 41.2 Å². The number of rotatable bonds is 8. The molecule has 0 N–H and O–H groups in total. The van der Waals surface area contributed by atoms with Crippen LogP contribution in [0.5, 0.6) is 5.75 Å². The van der Waals surface area contributed by atoms with Crippen LogP contribution in [0.2, 0.25) is 0 Å². The predicted molar refractivity (Wildman–Crippen MR) is 115 cm³/mol. The molecule has 2 aromatic rings. The quantitative estimate of drug-likeness (QED) is 0.681. The van der Waals surface area contributed by atoms with Crippen LogP contribution < -0.4 is 4.74 Å². The van der Waals surface area contributed by atoms with E-state index in [1.807, 2.05) is 40.8 Å². The molecule has 0 saturated carbocycles. The summed E-state index contributed by atoms with van der Waals surface area (Å²) in [5, 5.41) is 5.02. The number of para-hydroxylation sites is 2. The van der Waals surface area contributed by atoms with Crippen molar-refractivity contribution in [2.45, 2.75) is 53.6 Å². The van der Waals surface area contributed by atoms with Crippen LogP contribution in [0.25, 0.3) is 5.69 Å². The lowest BCUT2D eigenvalue weighted by Crippen LogP contribution is -2.35. The lowest BCUT2D eigenvalue weighted by Gasteiger charge is -2.28. The molecule has 29 heavy (non-hydrogen) atoms. The molecule has 0 aliphatic carbocycles. The van der Waals surface area contributed by atoms with Crippen molar-refractivity contribution in [2.24, 2.45) is 5.92 Å². The maximum atomic E-state index is 12.6. The van der Waals surface area contributed by atoms with Crippen LogP contribution in [0.15, 0.2) is 24.3 Å². The summed E-state index contributed by atoms with van der Waals surface area (Å²) in [6.07, 6.45) is 1.46. The number of methoxy groups -OCH3 is 1. The minimum atomic E-state index is 0.183. The van der Waals surface area contributed by atoms with Crippen molar-refractivity contribution in [3.63, 3.8) is 0 Å². The van der Waals surface area contributed by atoms with Crippen LogP contribution >= 0.6 is 0 Å². The van der Waals surface area contributed by atoms with E-state index in [1.54, 1.807) is 7.11 Å². The summed E-state index contributed by atoms with van der Waals surface area (Å²) in [6.45, 7) is 12.7. The van der Waals surface area contributed by atoms with E-state index in [4.69, 9.17) is 9.84 Å². The van der Waals surface area contributed by atoms with Crippen molar-refractivity contribution < 1.29 is 9.53 Å². The first kappa shape index (κ1) is 21.4. The van der Waals surface area contributed by atoms with Gasteiger partial charge in [0, 0.05) is 38.0 Å². The van der Waals surface area contributed by atoms with Gasteiger partial charge in [-0.05, 0) is 24.6 Å². The molecule has 6 nitrogen and oxygen atoms in total. The number of carbonyl (C=O) groups excluding carboxylic acids is 1. The Labute approximate surface area is 174 Å². The predicted octanol–water partition coefficient (Wildman–Crippen LogP) is 3.65. The van der Waals surface area contributed by atoms with Gasteiger partial charge in [-0.15, -0.1) is 0 Å². The van der Waals surface area contributed by atoms with Crippen molar-refractivity contribution in [1.29, 1.82) is 0 Å². The Hall–Kier alpha value is -2.34. The summed E-state index contributed by atoms with van der Waals surface area (Å²) < 4.78 is 7.64. The van der Waals surface area contributed by atoms with Crippen molar-refractivity contribution in [3.8, 4) is 11.4 Å². The summed E-state index contributed by atoms with van der Waals surface area (Å²) in [5.74, 6) is 1.41. The number of nitrogens with zero attached hydrogens (tertiary/aromatic N) is 4. The average molecular weight is 399 g/mol. The molecular weight excluding hydrogens is 364 g/mol. The summed E-state index contributed by atoms with van der Waals surface area (Å²) in [6, 6.07) is 8.00. The highest BCUT2D eigenvalue weighted by Gasteiger charge is 2.27. The van der Waals surface area contributed by atoms with E-state index >= 15 is 0 Å². The van der Waals surface area contributed by atoms with E-state index < -0.39 is 0 Å². The number of ether oxygens (including phenoxy) is 1. The number of amides is 1. The fourth-order valence-electron chi connectivity index (χ4n) is 4.04. The zero-order valence-corrected chi connectivity index (χ0v) is 18.4. The molecule has 1 aliphatic heterocycles. The van der Waals surface area contributed by atoms with E-state index in [0.717, 1.165) is 49.7 Å². The zero-order chi connectivity index (χ0) is 21.0. The fraction of sp³-hybridized carbons (Fsp3) is 0.565. The van der Waals surface area contributed by atoms with Crippen LogP contribution in [0.4, 0.5) is 0 Å². The Balaban J connectivity index is 2.05. The lowest BCUT2D eigenvalue weighted by atomic mass is 10.0. The van der Waals surface area contributed by atoms with E-state index in [-0.39, 0.29) is 5.91 Å². The molecule has 0 unspecified atom stereocenters. The smallest absolute Gasteiger partial charge is 0.222 e. The fourth-order valence-corrected chi connectivity index (χ4v) is 4.04. The van der Waals surface area contributed by atoms with Gasteiger partial charge in [0.2, 0.25) is 5.91 Å². The number of carbonyl (C=O) groups is 1. The summed E-state index contributed by atoms with van der Waals surface area (Å²) in [5.41, 5.74) is 4.47. The summed E-state index contributed by atoms with van der Waals surface area (Å²) in [4.78, 5) is 17.0. The summed E-state index contributed by atoms with van der Waals surface area (Å²) >= 11 is 0. The van der Waals surface area contributed by atoms with Gasteiger partial charge < -0.3 is 9.64 Å². The number of likely N-dealkylation sites (N-methyl/N-ethyl adjacent to an activating group) is 1.